The van der Waals surface area contributed by atoms with E-state index in [0.29, 0.717) is 5.56 Å². The van der Waals surface area contributed by atoms with E-state index < -0.39 is 24.0 Å². The van der Waals surface area contributed by atoms with Crippen LogP contribution in [0.2, 0.25) is 0 Å². The Kier molecular flexibility index (Phi) is 3.75. The molecule has 0 unspecified atom stereocenters. The molecule has 1 fully saturated rings. The van der Waals surface area contributed by atoms with E-state index in [4.69, 9.17) is 9.31 Å². The summed E-state index contributed by atoms with van der Waals surface area (Å²) in [7, 11) is -0.991. The second-order valence-electron chi connectivity index (χ2n) is 6.33. The van der Waals surface area contributed by atoms with Crippen molar-refractivity contribution in [1.82, 2.24) is 10.2 Å². The first-order valence-corrected chi connectivity index (χ1v) is 8.03. The molecule has 7 heteroatoms. The summed E-state index contributed by atoms with van der Waals surface area (Å²) in [6, 6.07) is 1.96. The standard InChI is InChI=1S/C15H18BFN2O2S/c1-14(2)15(3,4)21-16(20-14)12(17)7-11-8-18-19-13(11)10-5-6-22-9-10/h5-9H,1-4H3,(H,18,19). The Bertz CT molecular complexity index is 678. The van der Waals surface area contributed by atoms with E-state index in [1.54, 1.807) is 17.5 Å². The van der Waals surface area contributed by atoms with Gasteiger partial charge in [-0.3, -0.25) is 5.10 Å². The predicted octanol–water partition coefficient (Wildman–Crippen LogP) is 4.08. The fourth-order valence-electron chi connectivity index (χ4n) is 2.22. The summed E-state index contributed by atoms with van der Waals surface area (Å²) in [6.07, 6.45) is 3.01. The molecule has 2 aromatic rings. The molecule has 0 radical (unpaired) electrons. The van der Waals surface area contributed by atoms with Crippen LogP contribution in [0.15, 0.2) is 28.7 Å². The van der Waals surface area contributed by atoms with Gasteiger partial charge in [0.05, 0.1) is 23.1 Å². The van der Waals surface area contributed by atoms with Crippen molar-refractivity contribution < 1.29 is 13.7 Å². The zero-order valence-corrected chi connectivity index (χ0v) is 13.8. The van der Waals surface area contributed by atoms with Gasteiger partial charge in [-0.05, 0) is 45.2 Å². The van der Waals surface area contributed by atoms with Gasteiger partial charge in [-0.15, -0.1) is 0 Å². The van der Waals surface area contributed by atoms with Gasteiger partial charge in [-0.2, -0.15) is 16.4 Å². The highest BCUT2D eigenvalue weighted by Crippen LogP contribution is 2.39. The molecule has 0 aromatic carbocycles. The maximum atomic E-state index is 14.6. The summed E-state index contributed by atoms with van der Waals surface area (Å²) in [5, 5.41) is 10.9. The van der Waals surface area contributed by atoms with Crippen molar-refractivity contribution in [3.05, 3.63) is 34.3 Å². The molecule has 2 aromatic heterocycles. The largest absolute Gasteiger partial charge is 0.525 e. The summed E-state index contributed by atoms with van der Waals surface area (Å²) >= 11 is 1.58. The molecule has 4 nitrogen and oxygen atoms in total. The summed E-state index contributed by atoms with van der Waals surface area (Å²) in [6.45, 7) is 7.59. The number of hydrogen-bond acceptors (Lipinski definition) is 4. The van der Waals surface area contributed by atoms with E-state index in [0.717, 1.165) is 11.3 Å². The minimum Gasteiger partial charge on any atom is -0.398 e. The van der Waals surface area contributed by atoms with Gasteiger partial charge in [-0.1, -0.05) is 0 Å². The fourth-order valence-corrected chi connectivity index (χ4v) is 2.86. The Morgan fingerprint density at radius 2 is 2.00 bits per heavy atom. The van der Waals surface area contributed by atoms with Crippen molar-refractivity contribution in [3.63, 3.8) is 0 Å². The molecule has 116 valence electrons. The molecule has 22 heavy (non-hydrogen) atoms. The van der Waals surface area contributed by atoms with Gasteiger partial charge in [0.1, 0.15) is 5.73 Å². The van der Waals surface area contributed by atoms with Gasteiger partial charge in [-0.25, -0.2) is 4.39 Å². The number of aromatic nitrogens is 2. The van der Waals surface area contributed by atoms with E-state index in [2.05, 4.69) is 10.2 Å². The molecule has 1 aliphatic heterocycles. The van der Waals surface area contributed by atoms with Crippen molar-refractivity contribution in [2.24, 2.45) is 0 Å². The Balaban J connectivity index is 1.87. The number of rotatable bonds is 3. The van der Waals surface area contributed by atoms with E-state index in [-0.39, 0.29) is 0 Å². The van der Waals surface area contributed by atoms with Crippen LogP contribution in [0, 0.1) is 0 Å². The lowest BCUT2D eigenvalue weighted by Crippen LogP contribution is -2.41. The Morgan fingerprint density at radius 3 is 2.59 bits per heavy atom. The molecule has 0 spiro atoms. The van der Waals surface area contributed by atoms with Crippen molar-refractivity contribution in [1.29, 1.82) is 0 Å². The maximum absolute atomic E-state index is 14.6. The monoisotopic (exact) mass is 320 g/mol. The summed E-state index contributed by atoms with van der Waals surface area (Å²) in [5.74, 6) is 0. The number of hydrogen-bond donors (Lipinski definition) is 1. The van der Waals surface area contributed by atoms with E-state index in [9.17, 15) is 4.39 Å². The lowest BCUT2D eigenvalue weighted by molar-refractivity contribution is 0.00578. The average Bonchev–Trinajstić information content (AvgIpc) is 3.09. The lowest BCUT2D eigenvalue weighted by atomic mass is 9.86. The zero-order valence-electron chi connectivity index (χ0n) is 13.0. The number of thiophene rings is 1. The van der Waals surface area contributed by atoms with E-state index in [1.165, 1.54) is 6.08 Å². The van der Waals surface area contributed by atoms with Crippen molar-refractivity contribution in [2.75, 3.05) is 0 Å². The molecule has 0 bridgehead atoms. The van der Waals surface area contributed by atoms with Gasteiger partial charge in [0.15, 0.2) is 0 Å². The number of halogens is 1. The third-order valence-corrected chi connectivity index (χ3v) is 4.93. The molecular weight excluding hydrogens is 302 g/mol. The Hall–Kier alpha value is -1.44. The van der Waals surface area contributed by atoms with Gasteiger partial charge in [0.25, 0.3) is 0 Å². The normalized spacial score (nSPS) is 20.6. The molecule has 3 heterocycles. The summed E-state index contributed by atoms with van der Waals surface area (Å²) in [4.78, 5) is 0. The van der Waals surface area contributed by atoms with E-state index >= 15 is 0 Å². The minimum absolute atomic E-state index is 0.462. The van der Waals surface area contributed by atoms with Crippen LogP contribution in [-0.2, 0) is 9.31 Å². The second-order valence-corrected chi connectivity index (χ2v) is 7.11. The highest BCUT2D eigenvalue weighted by atomic mass is 32.1. The van der Waals surface area contributed by atoms with Gasteiger partial charge < -0.3 is 9.31 Å². The van der Waals surface area contributed by atoms with Crippen LogP contribution in [0.3, 0.4) is 0 Å². The minimum atomic E-state index is -0.991. The maximum Gasteiger partial charge on any atom is 0.525 e. The smallest absolute Gasteiger partial charge is 0.398 e. The van der Waals surface area contributed by atoms with Crippen molar-refractivity contribution >= 4 is 24.5 Å². The molecule has 1 aliphatic rings. The third-order valence-electron chi connectivity index (χ3n) is 4.25. The lowest BCUT2D eigenvalue weighted by Gasteiger charge is -2.32. The average molecular weight is 320 g/mol. The fraction of sp³-hybridized carbons (Fsp3) is 0.400. The molecular formula is C15H18BFN2O2S. The quantitative estimate of drug-likeness (QED) is 0.867. The van der Waals surface area contributed by atoms with Crippen LogP contribution in [0.5, 0.6) is 0 Å². The van der Waals surface area contributed by atoms with Gasteiger partial charge >= 0.3 is 7.12 Å². The van der Waals surface area contributed by atoms with Crippen LogP contribution < -0.4 is 0 Å². The molecule has 1 saturated heterocycles. The molecule has 3 rings (SSSR count). The first-order chi connectivity index (χ1) is 10.3. The summed E-state index contributed by atoms with van der Waals surface area (Å²) in [5.41, 5.74) is 0.857. The highest BCUT2D eigenvalue weighted by molar-refractivity contribution is 7.08. The van der Waals surface area contributed by atoms with Crippen LogP contribution in [0.1, 0.15) is 33.3 Å². The number of nitrogens with zero attached hydrogens (tertiary/aromatic N) is 1. The molecule has 0 saturated carbocycles. The van der Waals surface area contributed by atoms with Crippen molar-refractivity contribution in [3.8, 4) is 11.3 Å². The molecule has 0 atom stereocenters. The Morgan fingerprint density at radius 1 is 1.32 bits per heavy atom. The van der Waals surface area contributed by atoms with E-state index in [1.807, 2.05) is 44.5 Å². The summed E-state index contributed by atoms with van der Waals surface area (Å²) < 4.78 is 26.0. The van der Waals surface area contributed by atoms with Crippen LogP contribution >= 0.6 is 11.3 Å². The number of H-pyrrole nitrogens is 1. The van der Waals surface area contributed by atoms with Crippen molar-refractivity contribution in [2.45, 2.75) is 38.9 Å². The SMILES string of the molecule is CC1(C)OB(C(F)=Cc2cn[nH]c2-c2ccsc2)OC1(C)C. The van der Waals surface area contributed by atoms with Gasteiger partial charge in [0, 0.05) is 16.5 Å². The number of aromatic amines is 1. The topological polar surface area (TPSA) is 47.1 Å². The molecule has 0 amide bonds. The molecule has 1 N–H and O–H groups in total. The Labute approximate surface area is 133 Å². The second kappa shape index (κ2) is 5.33. The predicted molar refractivity (Wildman–Crippen MR) is 87.1 cm³/mol. The zero-order chi connectivity index (χ0) is 16.0. The first kappa shape index (κ1) is 15.5. The molecule has 0 aliphatic carbocycles. The van der Waals surface area contributed by atoms with Crippen LogP contribution in [-0.4, -0.2) is 28.5 Å². The van der Waals surface area contributed by atoms with Gasteiger partial charge in [0.2, 0.25) is 0 Å². The first-order valence-electron chi connectivity index (χ1n) is 7.09. The third kappa shape index (κ3) is 2.64. The number of nitrogens with one attached hydrogen (secondary N) is 1. The highest BCUT2D eigenvalue weighted by Gasteiger charge is 2.53. The van der Waals surface area contributed by atoms with Crippen LogP contribution in [0.25, 0.3) is 17.3 Å². The van der Waals surface area contributed by atoms with Crippen LogP contribution in [0.4, 0.5) is 4.39 Å².